The van der Waals surface area contributed by atoms with Gasteiger partial charge in [-0.1, -0.05) is 29.8 Å². The van der Waals surface area contributed by atoms with Crippen molar-refractivity contribution in [3.05, 3.63) is 125 Å². The molecule has 0 spiro atoms. The predicted molar refractivity (Wildman–Crippen MR) is 161 cm³/mol. The van der Waals surface area contributed by atoms with Crippen molar-refractivity contribution in [1.82, 2.24) is 10.3 Å². The van der Waals surface area contributed by atoms with Gasteiger partial charge >= 0.3 is 0 Å². The van der Waals surface area contributed by atoms with Crippen molar-refractivity contribution in [2.24, 2.45) is 0 Å². The average molecular weight is 568 g/mol. The quantitative estimate of drug-likeness (QED) is 0.198. The number of hydrogen-bond acceptors (Lipinski definition) is 5. The summed E-state index contributed by atoms with van der Waals surface area (Å²) in [4.78, 5) is 6.69. The topological polar surface area (TPSA) is 59.8 Å². The van der Waals surface area contributed by atoms with Gasteiger partial charge in [0.1, 0.15) is 34.8 Å². The summed E-state index contributed by atoms with van der Waals surface area (Å²) in [5.41, 5.74) is 3.70. The molecule has 5 aromatic rings. The number of methoxy groups -OCH3 is 1. The Bertz CT molecular complexity index is 1640. The van der Waals surface area contributed by atoms with E-state index in [1.165, 1.54) is 0 Å². The first-order chi connectivity index (χ1) is 19.5. The molecule has 6 nitrogen and oxygen atoms in total. The number of ether oxygens (including phenoxy) is 2. The van der Waals surface area contributed by atoms with Crippen LogP contribution in [0.15, 0.2) is 108 Å². The van der Waals surface area contributed by atoms with E-state index in [4.69, 9.17) is 37.7 Å². The molecule has 2 aromatic heterocycles. The average Bonchev–Trinajstić information content (AvgIpc) is 3.60. The number of anilines is 1. The smallest absolute Gasteiger partial charge is 0.174 e. The summed E-state index contributed by atoms with van der Waals surface area (Å²) < 4.78 is 17.7. The Morgan fingerprint density at radius 3 is 2.30 bits per heavy atom. The zero-order chi connectivity index (χ0) is 27.6. The number of aryl methyl sites for hydroxylation is 1. The summed E-state index contributed by atoms with van der Waals surface area (Å²) in [6.07, 6.45) is 1.78. The lowest BCUT2D eigenvalue weighted by Gasteiger charge is -2.26. The summed E-state index contributed by atoms with van der Waals surface area (Å²) in [5.74, 6) is 3.70. The van der Waals surface area contributed by atoms with Gasteiger partial charge in [-0.3, -0.25) is 4.98 Å². The molecule has 1 saturated heterocycles. The molecule has 0 amide bonds. The Kier molecular flexibility index (Phi) is 7.15. The fourth-order valence-corrected chi connectivity index (χ4v) is 5.32. The van der Waals surface area contributed by atoms with Crippen molar-refractivity contribution in [3.63, 3.8) is 0 Å². The number of rotatable bonds is 7. The molecule has 1 N–H and O–H groups in total. The molecular weight excluding hydrogens is 542 g/mol. The zero-order valence-electron chi connectivity index (χ0n) is 21.9. The van der Waals surface area contributed by atoms with Gasteiger partial charge < -0.3 is 24.1 Å². The molecule has 8 heteroatoms. The first-order valence-corrected chi connectivity index (χ1v) is 13.6. The van der Waals surface area contributed by atoms with E-state index in [1.807, 2.05) is 104 Å². The van der Waals surface area contributed by atoms with E-state index in [0.29, 0.717) is 15.9 Å². The fourth-order valence-electron chi connectivity index (χ4n) is 4.79. The number of halogens is 1. The third kappa shape index (κ3) is 5.13. The molecule has 1 aliphatic heterocycles. The van der Waals surface area contributed by atoms with Gasteiger partial charge in [0.2, 0.25) is 0 Å². The molecule has 0 radical (unpaired) electrons. The fraction of sp³-hybridized carbons (Fsp3) is 0.125. The molecule has 0 aliphatic carbocycles. The maximum atomic E-state index is 6.46. The van der Waals surface area contributed by atoms with E-state index in [1.54, 1.807) is 13.3 Å². The van der Waals surface area contributed by atoms with E-state index >= 15 is 0 Å². The van der Waals surface area contributed by atoms with E-state index in [2.05, 4.69) is 15.2 Å². The van der Waals surface area contributed by atoms with Crippen molar-refractivity contribution < 1.29 is 13.9 Å². The zero-order valence-corrected chi connectivity index (χ0v) is 23.4. The summed E-state index contributed by atoms with van der Waals surface area (Å²) >= 11 is 12.3. The summed E-state index contributed by atoms with van der Waals surface area (Å²) in [6.45, 7) is 1.98. The minimum absolute atomic E-state index is 0.218. The lowest BCUT2D eigenvalue weighted by molar-refractivity contribution is 0.413. The van der Waals surface area contributed by atoms with Crippen LogP contribution in [-0.4, -0.2) is 17.2 Å². The number of thiocarbonyl (C=S) groups is 1. The molecule has 0 saturated carbocycles. The van der Waals surface area contributed by atoms with Crippen molar-refractivity contribution in [1.29, 1.82) is 0 Å². The summed E-state index contributed by atoms with van der Waals surface area (Å²) in [7, 11) is 1.64. The third-order valence-corrected chi connectivity index (χ3v) is 7.60. The predicted octanol–water partition coefficient (Wildman–Crippen LogP) is 8.28. The minimum Gasteiger partial charge on any atom is -0.497 e. The van der Waals surface area contributed by atoms with E-state index in [9.17, 15) is 0 Å². The lowest BCUT2D eigenvalue weighted by Crippen LogP contribution is -2.29. The van der Waals surface area contributed by atoms with Gasteiger partial charge in [-0.15, -0.1) is 0 Å². The lowest BCUT2D eigenvalue weighted by atomic mass is 10.0. The molecule has 0 unspecified atom stereocenters. The molecule has 0 bridgehead atoms. The third-order valence-electron chi connectivity index (χ3n) is 6.88. The van der Waals surface area contributed by atoms with Crippen LogP contribution in [0.1, 0.15) is 29.1 Å². The number of furan rings is 1. The van der Waals surface area contributed by atoms with E-state index < -0.39 is 0 Å². The molecule has 1 fully saturated rings. The van der Waals surface area contributed by atoms with Crippen molar-refractivity contribution in [3.8, 4) is 28.6 Å². The highest BCUT2D eigenvalue weighted by Gasteiger charge is 2.42. The van der Waals surface area contributed by atoms with Crippen LogP contribution in [0.4, 0.5) is 5.69 Å². The normalized spacial score (nSPS) is 16.6. The minimum atomic E-state index is -0.273. The standard InChI is InChI=1S/C32H26ClN3O3S/c1-20-6-7-21(19-26(20)33)28-16-17-29(39-28)31-30(27-5-3-4-18-34-27)35-32(40)36(31)22-8-10-24(11-9-22)38-25-14-12-23(37-2)13-15-25/h3-19,30-31H,1-2H3,(H,35,40)/t30-,31+/m0/s1. The highest BCUT2D eigenvalue weighted by atomic mass is 35.5. The molecule has 3 heterocycles. The van der Waals surface area contributed by atoms with Crippen molar-refractivity contribution in [2.75, 3.05) is 12.0 Å². The van der Waals surface area contributed by atoms with Gasteiger partial charge in [-0.05, 0) is 104 Å². The Morgan fingerprint density at radius 2 is 1.62 bits per heavy atom. The maximum Gasteiger partial charge on any atom is 0.174 e. The maximum absolute atomic E-state index is 6.46. The second kappa shape index (κ2) is 11.0. The molecular formula is C32H26ClN3O3S. The van der Waals surface area contributed by atoms with Crippen LogP contribution >= 0.6 is 23.8 Å². The van der Waals surface area contributed by atoms with Gasteiger partial charge in [0, 0.05) is 22.5 Å². The van der Waals surface area contributed by atoms with E-state index in [-0.39, 0.29) is 12.1 Å². The number of nitrogens with one attached hydrogen (secondary N) is 1. The van der Waals surface area contributed by atoms with Gasteiger partial charge in [0.25, 0.3) is 0 Å². The highest BCUT2D eigenvalue weighted by Crippen LogP contribution is 2.43. The van der Waals surface area contributed by atoms with E-state index in [0.717, 1.165) is 45.5 Å². The second-order valence-corrected chi connectivity index (χ2v) is 10.2. The van der Waals surface area contributed by atoms with Gasteiger partial charge in [-0.2, -0.15) is 0 Å². The first-order valence-electron chi connectivity index (χ1n) is 12.8. The number of pyridine rings is 1. The molecule has 200 valence electrons. The van der Waals surface area contributed by atoms with Crippen molar-refractivity contribution >= 4 is 34.6 Å². The van der Waals surface area contributed by atoms with Crippen LogP contribution in [0, 0.1) is 6.92 Å². The molecule has 40 heavy (non-hydrogen) atoms. The summed E-state index contributed by atoms with van der Waals surface area (Å²) in [5, 5.41) is 4.75. The van der Waals surface area contributed by atoms with Crippen LogP contribution in [0.3, 0.4) is 0 Å². The molecule has 1 aliphatic rings. The second-order valence-electron chi connectivity index (χ2n) is 9.43. The van der Waals surface area contributed by atoms with Crippen LogP contribution in [0.5, 0.6) is 17.2 Å². The van der Waals surface area contributed by atoms with Gasteiger partial charge in [0.05, 0.1) is 18.8 Å². The summed E-state index contributed by atoms with van der Waals surface area (Å²) in [6, 6.07) is 30.6. The van der Waals surface area contributed by atoms with Crippen LogP contribution in [0.2, 0.25) is 5.02 Å². The van der Waals surface area contributed by atoms with Crippen LogP contribution < -0.4 is 19.7 Å². The number of hydrogen-bond donors (Lipinski definition) is 1. The first kappa shape index (κ1) is 25.9. The number of nitrogens with zero attached hydrogens (tertiary/aromatic N) is 2. The highest BCUT2D eigenvalue weighted by molar-refractivity contribution is 7.80. The molecule has 3 aromatic carbocycles. The van der Waals surface area contributed by atoms with Crippen molar-refractivity contribution in [2.45, 2.75) is 19.0 Å². The largest absolute Gasteiger partial charge is 0.497 e. The Morgan fingerprint density at radius 1 is 0.900 bits per heavy atom. The van der Waals surface area contributed by atoms with Gasteiger partial charge in [0.15, 0.2) is 5.11 Å². The number of benzene rings is 3. The van der Waals surface area contributed by atoms with Crippen LogP contribution in [-0.2, 0) is 0 Å². The Labute approximate surface area is 243 Å². The molecule has 6 rings (SSSR count). The number of aromatic nitrogens is 1. The van der Waals surface area contributed by atoms with Crippen LogP contribution in [0.25, 0.3) is 11.3 Å². The Balaban J connectivity index is 1.33. The van der Waals surface area contributed by atoms with Gasteiger partial charge in [-0.25, -0.2) is 0 Å². The molecule has 2 atom stereocenters. The SMILES string of the molecule is COc1ccc(Oc2ccc(N3C(=S)N[C@@H](c4ccccn4)[C@H]3c3ccc(-c4ccc(C)c(Cl)c4)o3)cc2)cc1. The monoisotopic (exact) mass is 567 g/mol. The Hall–Kier alpha value is -4.33.